The van der Waals surface area contributed by atoms with Crippen molar-refractivity contribution in [3.8, 4) is 11.4 Å². The highest BCUT2D eigenvalue weighted by atomic mass is 35.5. The topological polar surface area (TPSA) is 77.2 Å². The summed E-state index contributed by atoms with van der Waals surface area (Å²) in [6, 6.07) is 7.23. The summed E-state index contributed by atoms with van der Waals surface area (Å²) in [6.07, 6.45) is 0.654. The molecule has 1 N–H and O–H groups in total. The number of hydrogen-bond acceptors (Lipinski definition) is 5. The molecule has 6 nitrogen and oxygen atoms in total. The second-order valence-corrected chi connectivity index (χ2v) is 5.32. The largest absolute Gasteiger partial charge is 0.383 e. The van der Waals surface area contributed by atoms with Gasteiger partial charge < -0.3 is 14.6 Å². The van der Waals surface area contributed by atoms with E-state index in [9.17, 15) is 4.79 Å². The van der Waals surface area contributed by atoms with Crippen LogP contribution in [0.3, 0.4) is 0 Å². The third-order valence-corrected chi connectivity index (χ3v) is 3.30. The van der Waals surface area contributed by atoms with Crippen molar-refractivity contribution < 1.29 is 14.1 Å². The summed E-state index contributed by atoms with van der Waals surface area (Å²) >= 11 is 6.08. The molecular weight excluding hydrogens is 306 g/mol. The van der Waals surface area contributed by atoms with Gasteiger partial charge >= 0.3 is 0 Å². The van der Waals surface area contributed by atoms with E-state index < -0.39 is 0 Å². The maximum Gasteiger partial charge on any atom is 0.227 e. The molecule has 1 atom stereocenters. The maximum absolute atomic E-state index is 11.8. The van der Waals surface area contributed by atoms with E-state index in [1.807, 2.05) is 25.1 Å². The summed E-state index contributed by atoms with van der Waals surface area (Å²) < 4.78 is 10.1. The molecular formula is C15H18ClN3O3. The zero-order valence-electron chi connectivity index (χ0n) is 12.5. The molecule has 1 amide bonds. The maximum atomic E-state index is 11.8. The smallest absolute Gasteiger partial charge is 0.227 e. The predicted octanol–water partition coefficient (Wildman–Crippen LogP) is 2.47. The van der Waals surface area contributed by atoms with Crippen LogP contribution in [0.5, 0.6) is 0 Å². The monoisotopic (exact) mass is 323 g/mol. The fraction of sp³-hybridized carbons (Fsp3) is 0.400. The van der Waals surface area contributed by atoms with Gasteiger partial charge in [-0.1, -0.05) is 28.9 Å². The zero-order valence-corrected chi connectivity index (χ0v) is 13.3. The van der Waals surface area contributed by atoms with E-state index >= 15 is 0 Å². The van der Waals surface area contributed by atoms with Crippen molar-refractivity contribution in [1.29, 1.82) is 0 Å². The van der Waals surface area contributed by atoms with E-state index in [-0.39, 0.29) is 18.4 Å². The molecule has 7 heteroatoms. The van der Waals surface area contributed by atoms with Crippen LogP contribution in [-0.4, -0.2) is 35.8 Å². The number of benzene rings is 1. The third-order valence-electron chi connectivity index (χ3n) is 2.97. The SMILES string of the molecule is COC[C@@H](C)NC(=O)CCc1nc(-c2ccccc2Cl)no1. The van der Waals surface area contributed by atoms with Crippen molar-refractivity contribution in [1.82, 2.24) is 15.5 Å². The predicted molar refractivity (Wildman–Crippen MR) is 82.5 cm³/mol. The van der Waals surface area contributed by atoms with Crippen LogP contribution in [-0.2, 0) is 16.0 Å². The van der Waals surface area contributed by atoms with Gasteiger partial charge in [-0.2, -0.15) is 4.98 Å². The van der Waals surface area contributed by atoms with Gasteiger partial charge in [-0.25, -0.2) is 0 Å². The molecule has 118 valence electrons. The first-order chi connectivity index (χ1) is 10.6. The van der Waals surface area contributed by atoms with Crippen molar-refractivity contribution >= 4 is 17.5 Å². The molecule has 1 aromatic heterocycles. The minimum Gasteiger partial charge on any atom is -0.383 e. The van der Waals surface area contributed by atoms with E-state index in [0.29, 0.717) is 35.3 Å². The van der Waals surface area contributed by atoms with Gasteiger partial charge in [0.05, 0.1) is 11.6 Å². The van der Waals surface area contributed by atoms with E-state index in [0.717, 1.165) is 0 Å². The summed E-state index contributed by atoms with van der Waals surface area (Å²) in [5.74, 6) is 0.750. The number of rotatable bonds is 7. The van der Waals surface area contributed by atoms with E-state index in [2.05, 4.69) is 15.5 Å². The Hall–Kier alpha value is -1.92. The molecule has 0 aliphatic rings. The standard InChI is InChI=1S/C15H18ClN3O3/c1-10(9-21-2)17-13(20)7-8-14-18-15(19-22-14)11-5-3-4-6-12(11)16/h3-6,10H,7-9H2,1-2H3,(H,17,20)/t10-/m1/s1. The molecule has 0 saturated carbocycles. The number of carbonyl (C=O) groups is 1. The highest BCUT2D eigenvalue weighted by Gasteiger charge is 2.13. The molecule has 0 radical (unpaired) electrons. The molecule has 1 heterocycles. The first-order valence-electron chi connectivity index (χ1n) is 6.96. The molecule has 0 saturated heterocycles. The van der Waals surface area contributed by atoms with Crippen molar-refractivity contribution in [2.75, 3.05) is 13.7 Å². The first kappa shape index (κ1) is 16.5. The molecule has 1 aromatic carbocycles. The van der Waals surface area contributed by atoms with E-state index in [1.54, 1.807) is 13.2 Å². The minimum absolute atomic E-state index is 0.0288. The van der Waals surface area contributed by atoms with E-state index in [1.165, 1.54) is 0 Å². The summed E-state index contributed by atoms with van der Waals surface area (Å²) in [4.78, 5) is 16.0. The fourth-order valence-corrected chi connectivity index (χ4v) is 2.19. The van der Waals surface area contributed by atoms with Crippen LogP contribution in [0.1, 0.15) is 19.2 Å². The van der Waals surface area contributed by atoms with Gasteiger partial charge in [-0.15, -0.1) is 0 Å². The number of halogens is 1. The Morgan fingerprint density at radius 2 is 2.23 bits per heavy atom. The summed E-state index contributed by atoms with van der Waals surface area (Å²) in [5, 5.41) is 7.27. The molecule has 0 fully saturated rings. The number of aryl methyl sites for hydroxylation is 1. The lowest BCUT2D eigenvalue weighted by molar-refractivity contribution is -0.122. The second kappa shape index (κ2) is 7.91. The lowest BCUT2D eigenvalue weighted by Gasteiger charge is -2.11. The van der Waals surface area contributed by atoms with Crippen LogP contribution in [0.15, 0.2) is 28.8 Å². The number of carbonyl (C=O) groups excluding carboxylic acids is 1. The molecule has 22 heavy (non-hydrogen) atoms. The van der Waals surface area contributed by atoms with Gasteiger partial charge in [-0.3, -0.25) is 4.79 Å². The van der Waals surface area contributed by atoms with Gasteiger partial charge in [-0.05, 0) is 19.1 Å². The lowest BCUT2D eigenvalue weighted by atomic mass is 10.2. The molecule has 0 aliphatic heterocycles. The van der Waals surface area contributed by atoms with Gasteiger partial charge in [0.15, 0.2) is 0 Å². The zero-order chi connectivity index (χ0) is 15.9. The average molecular weight is 324 g/mol. The number of hydrogen-bond donors (Lipinski definition) is 1. The fourth-order valence-electron chi connectivity index (χ4n) is 1.97. The summed E-state index contributed by atoms with van der Waals surface area (Å²) in [5.41, 5.74) is 0.706. The minimum atomic E-state index is -0.0814. The Morgan fingerprint density at radius 1 is 1.45 bits per heavy atom. The van der Waals surface area contributed by atoms with Gasteiger partial charge in [0.25, 0.3) is 0 Å². The van der Waals surface area contributed by atoms with Gasteiger partial charge in [0.1, 0.15) is 0 Å². The normalized spacial score (nSPS) is 12.1. The van der Waals surface area contributed by atoms with Crippen molar-refractivity contribution in [2.45, 2.75) is 25.8 Å². The Morgan fingerprint density at radius 3 is 2.95 bits per heavy atom. The molecule has 2 rings (SSSR count). The van der Waals surface area contributed by atoms with Crippen LogP contribution in [0.4, 0.5) is 0 Å². The first-order valence-corrected chi connectivity index (χ1v) is 7.33. The number of ether oxygens (including phenoxy) is 1. The van der Waals surface area contributed by atoms with E-state index in [4.69, 9.17) is 20.9 Å². The molecule has 0 bridgehead atoms. The Bertz CT molecular complexity index is 630. The number of aromatic nitrogens is 2. The molecule has 2 aromatic rings. The summed E-state index contributed by atoms with van der Waals surface area (Å²) in [6.45, 7) is 2.35. The Labute approximate surface area is 133 Å². The van der Waals surface area contributed by atoms with Crippen molar-refractivity contribution in [2.24, 2.45) is 0 Å². The van der Waals surface area contributed by atoms with Crippen molar-refractivity contribution in [3.63, 3.8) is 0 Å². The summed E-state index contributed by atoms with van der Waals surface area (Å²) in [7, 11) is 1.59. The third kappa shape index (κ3) is 4.54. The highest BCUT2D eigenvalue weighted by Crippen LogP contribution is 2.24. The van der Waals surface area contributed by atoms with Crippen LogP contribution in [0, 0.1) is 0 Å². The number of nitrogens with one attached hydrogen (secondary N) is 1. The second-order valence-electron chi connectivity index (χ2n) is 4.92. The molecule has 0 unspecified atom stereocenters. The lowest BCUT2D eigenvalue weighted by Crippen LogP contribution is -2.35. The van der Waals surface area contributed by atoms with Crippen molar-refractivity contribution in [3.05, 3.63) is 35.2 Å². The van der Waals surface area contributed by atoms with Crippen LogP contribution >= 0.6 is 11.6 Å². The van der Waals surface area contributed by atoms with Gasteiger partial charge in [0, 0.05) is 31.6 Å². The van der Waals surface area contributed by atoms with Crippen LogP contribution in [0.25, 0.3) is 11.4 Å². The molecule has 0 aliphatic carbocycles. The highest BCUT2D eigenvalue weighted by molar-refractivity contribution is 6.33. The number of nitrogens with zero attached hydrogens (tertiary/aromatic N) is 2. The van der Waals surface area contributed by atoms with Gasteiger partial charge in [0.2, 0.25) is 17.6 Å². The Kier molecular flexibility index (Phi) is 5.91. The average Bonchev–Trinajstić information content (AvgIpc) is 2.94. The van der Waals surface area contributed by atoms with Crippen LogP contribution in [0.2, 0.25) is 5.02 Å². The Balaban J connectivity index is 1.90. The number of amides is 1. The van der Waals surface area contributed by atoms with Crippen LogP contribution < -0.4 is 5.32 Å². The molecule has 0 spiro atoms. The quantitative estimate of drug-likeness (QED) is 0.847. The number of methoxy groups -OCH3 is 1.